The van der Waals surface area contributed by atoms with E-state index in [1.807, 2.05) is 35.7 Å². The van der Waals surface area contributed by atoms with Gasteiger partial charge in [0.05, 0.1) is 0 Å². The number of anilines is 2. The molecule has 108 valence electrons. The Bertz CT molecular complexity index is 764. The van der Waals surface area contributed by atoms with Gasteiger partial charge in [-0.2, -0.15) is 0 Å². The molecule has 0 radical (unpaired) electrons. The van der Waals surface area contributed by atoms with Gasteiger partial charge in [0.15, 0.2) is 0 Å². The zero-order valence-corrected chi connectivity index (χ0v) is 13.1. The number of pyridine rings is 1. The minimum atomic E-state index is 0.364. The fourth-order valence-electron chi connectivity index (χ4n) is 2.55. The minimum absolute atomic E-state index is 0.364. The number of nitrogens with zero attached hydrogens (tertiary/aromatic N) is 1. The highest BCUT2D eigenvalue weighted by Crippen LogP contribution is 2.28. The quantitative estimate of drug-likeness (QED) is 0.709. The Morgan fingerprint density at radius 2 is 2.05 bits per heavy atom. The molecule has 0 fully saturated rings. The maximum Gasteiger partial charge on any atom is 0.0424 e. The van der Waals surface area contributed by atoms with Crippen molar-refractivity contribution in [3.63, 3.8) is 0 Å². The van der Waals surface area contributed by atoms with E-state index in [9.17, 15) is 0 Å². The van der Waals surface area contributed by atoms with E-state index in [4.69, 9.17) is 5.73 Å². The normalized spacial score (nSPS) is 12.5. The van der Waals surface area contributed by atoms with E-state index >= 15 is 0 Å². The molecule has 2 heterocycles. The van der Waals surface area contributed by atoms with Gasteiger partial charge in [-0.25, -0.2) is 0 Å². The molecule has 3 aromatic rings. The third kappa shape index (κ3) is 3.00. The van der Waals surface area contributed by atoms with Crippen molar-refractivity contribution in [2.75, 3.05) is 11.1 Å². The molecule has 2 aromatic heterocycles. The highest BCUT2D eigenvalue weighted by molar-refractivity contribution is 7.11. The Morgan fingerprint density at radius 3 is 2.81 bits per heavy atom. The van der Waals surface area contributed by atoms with Crippen LogP contribution in [0.5, 0.6) is 0 Å². The van der Waals surface area contributed by atoms with Crippen LogP contribution in [0.4, 0.5) is 11.4 Å². The molecule has 0 aliphatic heterocycles. The van der Waals surface area contributed by atoms with Gasteiger partial charge in [-0.3, -0.25) is 4.98 Å². The lowest BCUT2D eigenvalue weighted by atomic mass is 10.1. The Balaban J connectivity index is 1.83. The number of benzene rings is 1. The van der Waals surface area contributed by atoms with Crippen LogP contribution in [0.3, 0.4) is 0 Å². The Morgan fingerprint density at radius 1 is 1.19 bits per heavy atom. The third-order valence-electron chi connectivity index (χ3n) is 3.56. The molecule has 0 aliphatic rings. The monoisotopic (exact) mass is 297 g/mol. The average molecular weight is 297 g/mol. The molecule has 3 nitrogen and oxygen atoms in total. The van der Waals surface area contributed by atoms with Crippen molar-refractivity contribution in [1.29, 1.82) is 0 Å². The molecular formula is C17H19N3S. The van der Waals surface area contributed by atoms with Crippen LogP contribution in [-0.2, 0) is 6.42 Å². The molecule has 21 heavy (non-hydrogen) atoms. The van der Waals surface area contributed by atoms with E-state index in [0.29, 0.717) is 6.04 Å². The maximum atomic E-state index is 6.02. The molecule has 1 aromatic carbocycles. The summed E-state index contributed by atoms with van der Waals surface area (Å²) in [5.41, 5.74) is 7.90. The predicted molar refractivity (Wildman–Crippen MR) is 92.0 cm³/mol. The van der Waals surface area contributed by atoms with E-state index in [2.05, 4.69) is 36.3 Å². The standard InChI is InChI=1S/C17H19N3S/c1-11(9-13-4-3-12(2)21-13)20-17-6-5-16(18)15-10-19-8-7-14(15)17/h3-8,10-11,20H,9,18H2,1-2H3. The molecule has 1 unspecified atom stereocenters. The molecule has 3 rings (SSSR count). The molecular weight excluding hydrogens is 278 g/mol. The first-order valence-corrected chi connectivity index (χ1v) is 7.89. The SMILES string of the molecule is Cc1ccc(CC(C)Nc2ccc(N)c3cnccc23)s1. The van der Waals surface area contributed by atoms with Crippen LogP contribution in [0, 0.1) is 6.92 Å². The zero-order valence-electron chi connectivity index (χ0n) is 12.3. The summed E-state index contributed by atoms with van der Waals surface area (Å²) < 4.78 is 0. The first-order valence-electron chi connectivity index (χ1n) is 7.07. The van der Waals surface area contributed by atoms with Crippen LogP contribution in [-0.4, -0.2) is 11.0 Å². The van der Waals surface area contributed by atoms with Crippen LogP contribution < -0.4 is 11.1 Å². The molecule has 3 N–H and O–H groups in total. The summed E-state index contributed by atoms with van der Waals surface area (Å²) in [5.74, 6) is 0. The Hall–Kier alpha value is -2.07. The lowest BCUT2D eigenvalue weighted by molar-refractivity contribution is 0.802. The highest BCUT2D eigenvalue weighted by Gasteiger charge is 2.09. The number of hydrogen-bond donors (Lipinski definition) is 2. The first-order chi connectivity index (χ1) is 10.1. The number of nitrogens with two attached hydrogens (primary N) is 1. The van der Waals surface area contributed by atoms with Crippen LogP contribution in [0.25, 0.3) is 10.8 Å². The number of thiophene rings is 1. The van der Waals surface area contributed by atoms with Crippen molar-refractivity contribution in [3.05, 3.63) is 52.5 Å². The molecule has 0 saturated heterocycles. The van der Waals surface area contributed by atoms with E-state index in [1.54, 1.807) is 6.20 Å². The van der Waals surface area contributed by atoms with Gasteiger partial charge < -0.3 is 11.1 Å². The summed E-state index contributed by atoms with van der Waals surface area (Å²) in [5, 5.41) is 5.72. The van der Waals surface area contributed by atoms with Gasteiger partial charge in [-0.05, 0) is 44.2 Å². The Labute approximate surface area is 128 Å². The summed E-state index contributed by atoms with van der Waals surface area (Å²) in [6, 6.07) is 10.8. The number of rotatable bonds is 4. The van der Waals surface area contributed by atoms with Crippen LogP contribution in [0.1, 0.15) is 16.7 Å². The van der Waals surface area contributed by atoms with Crippen LogP contribution >= 0.6 is 11.3 Å². The van der Waals surface area contributed by atoms with Crippen molar-refractivity contribution in [3.8, 4) is 0 Å². The van der Waals surface area contributed by atoms with Crippen molar-refractivity contribution in [2.45, 2.75) is 26.3 Å². The van der Waals surface area contributed by atoms with Crippen molar-refractivity contribution >= 4 is 33.5 Å². The summed E-state index contributed by atoms with van der Waals surface area (Å²) in [4.78, 5) is 6.93. The van der Waals surface area contributed by atoms with Gasteiger partial charge in [0.2, 0.25) is 0 Å². The molecule has 0 spiro atoms. The summed E-state index contributed by atoms with van der Waals surface area (Å²) >= 11 is 1.86. The number of hydrogen-bond acceptors (Lipinski definition) is 4. The third-order valence-corrected chi connectivity index (χ3v) is 4.58. The lowest BCUT2D eigenvalue weighted by Crippen LogP contribution is -2.17. The smallest absolute Gasteiger partial charge is 0.0424 e. The predicted octanol–water partition coefficient (Wildman–Crippen LogP) is 4.23. The Kier molecular flexibility index (Phi) is 3.80. The van der Waals surface area contributed by atoms with Gasteiger partial charge in [0.1, 0.15) is 0 Å². The number of nitrogen functional groups attached to an aromatic ring is 1. The van der Waals surface area contributed by atoms with Gasteiger partial charge in [0, 0.05) is 56.8 Å². The van der Waals surface area contributed by atoms with Crippen molar-refractivity contribution in [2.24, 2.45) is 0 Å². The van der Waals surface area contributed by atoms with Gasteiger partial charge >= 0.3 is 0 Å². The van der Waals surface area contributed by atoms with E-state index in [0.717, 1.165) is 28.6 Å². The van der Waals surface area contributed by atoms with Gasteiger partial charge in [-0.15, -0.1) is 11.3 Å². The van der Waals surface area contributed by atoms with Crippen LogP contribution in [0.2, 0.25) is 0 Å². The molecule has 0 aliphatic carbocycles. The number of aromatic nitrogens is 1. The average Bonchev–Trinajstić information content (AvgIpc) is 2.87. The molecule has 0 bridgehead atoms. The van der Waals surface area contributed by atoms with E-state index in [1.165, 1.54) is 9.75 Å². The van der Waals surface area contributed by atoms with E-state index in [-0.39, 0.29) is 0 Å². The molecule has 1 atom stereocenters. The summed E-state index contributed by atoms with van der Waals surface area (Å²) in [7, 11) is 0. The molecule has 4 heteroatoms. The van der Waals surface area contributed by atoms with Crippen LogP contribution in [0.15, 0.2) is 42.7 Å². The topological polar surface area (TPSA) is 50.9 Å². The second-order valence-corrected chi connectivity index (χ2v) is 6.76. The summed E-state index contributed by atoms with van der Waals surface area (Å²) in [6.45, 7) is 4.35. The summed E-state index contributed by atoms with van der Waals surface area (Å²) in [6.07, 6.45) is 4.65. The van der Waals surface area contributed by atoms with E-state index < -0.39 is 0 Å². The second kappa shape index (κ2) is 5.74. The number of fused-ring (bicyclic) bond motifs is 1. The number of nitrogens with one attached hydrogen (secondary N) is 1. The second-order valence-electron chi connectivity index (χ2n) is 5.39. The minimum Gasteiger partial charge on any atom is -0.398 e. The van der Waals surface area contributed by atoms with Gasteiger partial charge in [-0.1, -0.05) is 0 Å². The fraction of sp³-hybridized carbons (Fsp3) is 0.235. The highest BCUT2D eigenvalue weighted by atomic mass is 32.1. The lowest BCUT2D eigenvalue weighted by Gasteiger charge is -2.17. The van der Waals surface area contributed by atoms with Crippen molar-refractivity contribution in [1.82, 2.24) is 4.98 Å². The van der Waals surface area contributed by atoms with Crippen molar-refractivity contribution < 1.29 is 0 Å². The zero-order chi connectivity index (χ0) is 14.8. The largest absolute Gasteiger partial charge is 0.398 e. The van der Waals surface area contributed by atoms with Gasteiger partial charge in [0.25, 0.3) is 0 Å². The number of aryl methyl sites for hydroxylation is 1. The maximum absolute atomic E-state index is 6.02. The fourth-order valence-corrected chi connectivity index (χ4v) is 3.57. The molecule has 0 amide bonds. The first kappa shape index (κ1) is 13.9. The molecule has 0 saturated carbocycles.